The van der Waals surface area contributed by atoms with Crippen LogP contribution < -0.4 is 10.1 Å². The van der Waals surface area contributed by atoms with E-state index in [4.69, 9.17) is 16.3 Å². The molecule has 0 saturated carbocycles. The Morgan fingerprint density at radius 2 is 1.91 bits per heavy atom. The van der Waals surface area contributed by atoms with Gasteiger partial charge in [0.15, 0.2) is 0 Å². The smallest absolute Gasteiger partial charge is 0.272 e. The number of aryl methyl sites for hydroxylation is 2. The van der Waals surface area contributed by atoms with Crippen LogP contribution in [0.2, 0.25) is 5.02 Å². The molecule has 2 N–H and O–H groups in total. The minimum atomic E-state index is -0.474. The van der Waals surface area contributed by atoms with Crippen LogP contribution in [0.1, 0.15) is 27.2 Å². The molecule has 1 aromatic heterocycles. The Morgan fingerprint density at radius 3 is 2.66 bits per heavy atom. The number of nitrogens with zero attached hydrogens (tertiary/aromatic N) is 1. The number of amides is 1. The van der Waals surface area contributed by atoms with Crippen LogP contribution in [0.5, 0.6) is 5.75 Å². The van der Waals surface area contributed by atoms with Crippen LogP contribution in [-0.4, -0.2) is 15.8 Å². The number of hydrogen-bond donors (Lipinski definition) is 2. The maximum Gasteiger partial charge on any atom is 0.272 e. The number of halogens is 1. The van der Waals surface area contributed by atoms with E-state index in [9.17, 15) is 14.9 Å². The Bertz CT molecular complexity index is 1350. The van der Waals surface area contributed by atoms with E-state index >= 15 is 0 Å². The summed E-state index contributed by atoms with van der Waals surface area (Å²) in [5.74, 6) is 0.132. The summed E-state index contributed by atoms with van der Waals surface area (Å²) in [5, 5.41) is 14.7. The molecule has 0 radical (unpaired) electrons. The molecule has 8 heteroatoms. The highest BCUT2D eigenvalue weighted by molar-refractivity contribution is 6.32. The number of fused-ring (bicyclic) bond motifs is 1. The molecule has 0 unspecified atom stereocenters. The van der Waals surface area contributed by atoms with E-state index in [2.05, 4.69) is 28.5 Å². The van der Waals surface area contributed by atoms with Crippen LogP contribution in [-0.2, 0) is 6.61 Å². The van der Waals surface area contributed by atoms with E-state index in [1.165, 1.54) is 12.1 Å². The highest BCUT2D eigenvalue weighted by atomic mass is 35.5. The first-order valence-corrected chi connectivity index (χ1v) is 10.2. The molecular formula is C24H20ClN3O4. The topological polar surface area (TPSA) is 97.3 Å². The summed E-state index contributed by atoms with van der Waals surface area (Å²) < 4.78 is 5.87. The molecule has 4 aromatic rings. The molecule has 0 fully saturated rings. The number of hydrogen-bond acceptors (Lipinski definition) is 4. The van der Waals surface area contributed by atoms with Crippen molar-refractivity contribution in [3.63, 3.8) is 0 Å². The molecule has 1 amide bonds. The second-order valence-corrected chi connectivity index (χ2v) is 7.94. The lowest BCUT2D eigenvalue weighted by molar-refractivity contribution is -0.384. The summed E-state index contributed by atoms with van der Waals surface area (Å²) in [7, 11) is 0. The van der Waals surface area contributed by atoms with Gasteiger partial charge >= 0.3 is 0 Å². The minimum Gasteiger partial charge on any atom is -0.487 e. The largest absolute Gasteiger partial charge is 0.487 e. The molecule has 4 rings (SSSR count). The third-order valence-corrected chi connectivity index (χ3v) is 5.43. The van der Waals surface area contributed by atoms with Gasteiger partial charge in [-0.3, -0.25) is 14.9 Å². The van der Waals surface area contributed by atoms with Crippen molar-refractivity contribution in [3.8, 4) is 5.75 Å². The van der Waals surface area contributed by atoms with E-state index in [1.54, 1.807) is 30.3 Å². The van der Waals surface area contributed by atoms with Crippen molar-refractivity contribution in [1.29, 1.82) is 0 Å². The zero-order chi connectivity index (χ0) is 22.8. The Kier molecular flexibility index (Phi) is 5.83. The average molecular weight is 450 g/mol. The lowest BCUT2D eigenvalue weighted by Crippen LogP contribution is -2.12. The molecule has 0 aliphatic carbocycles. The van der Waals surface area contributed by atoms with Gasteiger partial charge in [-0.1, -0.05) is 35.4 Å². The fourth-order valence-electron chi connectivity index (χ4n) is 3.36. The maximum atomic E-state index is 12.6. The molecule has 0 saturated heterocycles. The second kappa shape index (κ2) is 8.72. The van der Waals surface area contributed by atoms with E-state index in [1.807, 2.05) is 13.8 Å². The summed E-state index contributed by atoms with van der Waals surface area (Å²) in [6, 6.07) is 17.2. The molecule has 0 aliphatic heterocycles. The molecule has 162 valence electrons. The minimum absolute atomic E-state index is 0.0355. The van der Waals surface area contributed by atoms with Gasteiger partial charge in [-0.25, -0.2) is 0 Å². The van der Waals surface area contributed by atoms with Gasteiger partial charge in [0.05, 0.1) is 9.95 Å². The number of aromatic nitrogens is 1. The highest BCUT2D eigenvalue weighted by Gasteiger charge is 2.14. The number of nitro benzene ring substituents is 1. The molecule has 3 aromatic carbocycles. The zero-order valence-corrected chi connectivity index (χ0v) is 18.2. The monoisotopic (exact) mass is 449 g/mol. The number of anilines is 1. The zero-order valence-electron chi connectivity index (χ0n) is 17.4. The molecule has 7 nitrogen and oxygen atoms in total. The van der Waals surface area contributed by atoms with Crippen molar-refractivity contribution in [2.24, 2.45) is 0 Å². The van der Waals surface area contributed by atoms with Crippen molar-refractivity contribution in [2.45, 2.75) is 20.5 Å². The lowest BCUT2D eigenvalue weighted by atomic mass is 10.1. The summed E-state index contributed by atoms with van der Waals surface area (Å²) in [6.07, 6.45) is 0. The van der Waals surface area contributed by atoms with Gasteiger partial charge in [0.2, 0.25) is 0 Å². The fourth-order valence-corrected chi connectivity index (χ4v) is 3.60. The van der Waals surface area contributed by atoms with Gasteiger partial charge < -0.3 is 15.0 Å². The maximum absolute atomic E-state index is 12.6. The lowest BCUT2D eigenvalue weighted by Gasteiger charge is -2.12. The first-order valence-electron chi connectivity index (χ1n) is 9.87. The summed E-state index contributed by atoms with van der Waals surface area (Å²) in [6.45, 7) is 4.45. The Hall–Kier alpha value is -3.84. The first-order chi connectivity index (χ1) is 15.3. The number of H-pyrrole nitrogens is 1. The van der Waals surface area contributed by atoms with Gasteiger partial charge in [-0.15, -0.1) is 0 Å². The van der Waals surface area contributed by atoms with E-state index in [-0.39, 0.29) is 17.3 Å². The van der Waals surface area contributed by atoms with Crippen molar-refractivity contribution in [1.82, 2.24) is 4.98 Å². The Labute approximate surface area is 189 Å². The SMILES string of the molecule is Cc1ccc(C)c(COc2ccc(NC(=O)c3cc4cc([N+](=O)[O-])ccc4[nH]3)cc2Cl)c1. The highest BCUT2D eigenvalue weighted by Crippen LogP contribution is 2.29. The van der Waals surface area contributed by atoms with E-state index < -0.39 is 4.92 Å². The first kappa shape index (κ1) is 21.4. The van der Waals surface area contributed by atoms with Crippen molar-refractivity contribution < 1.29 is 14.5 Å². The van der Waals surface area contributed by atoms with E-state index in [0.29, 0.717) is 34.0 Å². The van der Waals surface area contributed by atoms with Gasteiger partial charge in [0.25, 0.3) is 11.6 Å². The third-order valence-electron chi connectivity index (χ3n) is 5.14. The normalized spacial score (nSPS) is 10.8. The van der Waals surface area contributed by atoms with Gasteiger partial charge in [-0.05, 0) is 55.3 Å². The Balaban J connectivity index is 1.46. The number of nitrogens with one attached hydrogen (secondary N) is 2. The van der Waals surface area contributed by atoms with E-state index in [0.717, 1.165) is 16.7 Å². The number of ether oxygens (including phenoxy) is 1. The summed E-state index contributed by atoms with van der Waals surface area (Å²) >= 11 is 6.36. The number of carbonyl (C=O) groups is 1. The van der Waals surface area contributed by atoms with Crippen LogP contribution in [0.3, 0.4) is 0 Å². The van der Waals surface area contributed by atoms with Gasteiger partial charge in [0.1, 0.15) is 18.1 Å². The number of non-ortho nitro benzene ring substituents is 1. The molecule has 0 atom stereocenters. The molecule has 0 bridgehead atoms. The van der Waals surface area contributed by atoms with Crippen LogP contribution in [0.25, 0.3) is 10.9 Å². The van der Waals surface area contributed by atoms with Crippen LogP contribution in [0.15, 0.2) is 60.7 Å². The number of aromatic amines is 1. The van der Waals surface area contributed by atoms with Crippen LogP contribution >= 0.6 is 11.6 Å². The summed E-state index contributed by atoms with van der Waals surface area (Å²) in [5.41, 5.74) is 4.76. The average Bonchev–Trinajstić information content (AvgIpc) is 3.19. The number of rotatable bonds is 6. The molecule has 1 heterocycles. The summed E-state index contributed by atoms with van der Waals surface area (Å²) in [4.78, 5) is 26.1. The quantitative estimate of drug-likeness (QED) is 0.271. The van der Waals surface area contributed by atoms with Gasteiger partial charge in [0, 0.05) is 28.7 Å². The fraction of sp³-hybridized carbons (Fsp3) is 0.125. The van der Waals surface area contributed by atoms with Crippen molar-refractivity contribution >= 4 is 39.8 Å². The second-order valence-electron chi connectivity index (χ2n) is 7.53. The number of benzene rings is 3. The van der Waals surface area contributed by atoms with Crippen LogP contribution in [0, 0.1) is 24.0 Å². The Morgan fingerprint density at radius 1 is 1.09 bits per heavy atom. The van der Waals surface area contributed by atoms with Gasteiger partial charge in [-0.2, -0.15) is 0 Å². The molecule has 32 heavy (non-hydrogen) atoms. The molecule has 0 aliphatic rings. The predicted molar refractivity (Wildman–Crippen MR) is 125 cm³/mol. The van der Waals surface area contributed by atoms with Crippen LogP contribution in [0.4, 0.5) is 11.4 Å². The van der Waals surface area contributed by atoms with Crippen molar-refractivity contribution in [2.75, 3.05) is 5.32 Å². The standard InChI is InChI=1S/C24H20ClN3O4/c1-14-3-4-15(2)17(9-14)13-32-23-8-5-18(12-20(23)25)26-24(29)22-11-16-10-19(28(30)31)6-7-21(16)27-22/h3-12,27H,13H2,1-2H3,(H,26,29). The predicted octanol–water partition coefficient (Wildman–Crippen LogP) is 6.18. The number of carbonyl (C=O) groups excluding carboxylic acids is 1. The molecular weight excluding hydrogens is 430 g/mol. The van der Waals surface area contributed by atoms with Crippen molar-refractivity contribution in [3.05, 3.63) is 98.2 Å². The molecule has 0 spiro atoms. The third kappa shape index (κ3) is 4.58. The number of nitro groups is 1.